The van der Waals surface area contributed by atoms with E-state index in [4.69, 9.17) is 4.74 Å². The van der Waals surface area contributed by atoms with Crippen LogP contribution in [0.3, 0.4) is 0 Å². The van der Waals surface area contributed by atoms with Crippen LogP contribution >= 0.6 is 0 Å². The Bertz CT molecular complexity index is 26.2. The number of hydrogen-bond acceptors (Lipinski definition) is 1. The summed E-state index contributed by atoms with van der Waals surface area (Å²) in [4.78, 5) is 0. The lowest BCUT2D eigenvalue weighted by Crippen LogP contribution is -2.05. The normalized spacial score (nSPS) is 7.20. The Labute approximate surface area is 67.8 Å². The van der Waals surface area contributed by atoms with Crippen molar-refractivity contribution in [3.05, 3.63) is 0 Å². The van der Waals surface area contributed by atoms with Gasteiger partial charge in [0, 0.05) is 7.11 Å². The Morgan fingerprint density at radius 3 is 1.30 bits per heavy atom. The zero-order valence-electron chi connectivity index (χ0n) is 5.40. The highest BCUT2D eigenvalue weighted by Crippen LogP contribution is 1.98. The molecule has 0 saturated heterocycles. The monoisotopic (exact) mass is 150 g/mol. The van der Waals surface area contributed by atoms with Gasteiger partial charge in [0.05, 0.1) is 6.10 Å². The van der Waals surface area contributed by atoms with Crippen LogP contribution in [0.15, 0.2) is 0 Å². The van der Waals surface area contributed by atoms with Gasteiger partial charge in [0.25, 0.3) is 0 Å². The summed E-state index contributed by atoms with van der Waals surface area (Å²) in [5.41, 5.74) is 0. The molecule has 0 spiro atoms. The molecule has 0 aliphatic rings. The molecule has 10 heavy (non-hydrogen) atoms. The predicted molar refractivity (Wildman–Crippen MR) is 51.6 cm³/mol. The highest BCUT2D eigenvalue weighted by molar-refractivity contribution is 4.47. The Hall–Kier alpha value is -0.0400. The number of hydrogen-bond donors (Lipinski definition) is 0. The first-order valence-corrected chi connectivity index (χ1v) is 2.87. The highest BCUT2D eigenvalue weighted by atomic mass is 16.5. The maximum atomic E-state index is 5.05. The quantitative estimate of drug-likeness (QED) is 0.595. The van der Waals surface area contributed by atoms with E-state index in [-0.39, 0.29) is 22.3 Å². The third-order valence-corrected chi connectivity index (χ3v) is 1.24. The molecule has 1 heteroatoms. The lowest BCUT2D eigenvalue weighted by molar-refractivity contribution is 0.0964. The lowest BCUT2D eigenvalue weighted by atomic mass is 10.2. The van der Waals surface area contributed by atoms with Crippen LogP contribution in [-0.4, -0.2) is 13.2 Å². The smallest absolute Gasteiger partial charge is 0.0566 e. The fourth-order valence-corrected chi connectivity index (χ4v) is 0.622. The molecule has 0 aliphatic heterocycles. The Morgan fingerprint density at radius 2 is 1.30 bits per heavy atom. The second kappa shape index (κ2) is 16.0. The van der Waals surface area contributed by atoms with Gasteiger partial charge >= 0.3 is 0 Å². The third-order valence-electron chi connectivity index (χ3n) is 1.24. The Balaban J connectivity index is -0.0000000600. The molecule has 68 valence electrons. The average Bonchev–Trinajstić information content (AvgIpc) is 1.72. The maximum absolute atomic E-state index is 5.05. The van der Waals surface area contributed by atoms with E-state index < -0.39 is 0 Å². The molecule has 0 rings (SSSR count). The van der Waals surface area contributed by atoms with Crippen molar-refractivity contribution < 1.29 is 4.74 Å². The van der Waals surface area contributed by atoms with Gasteiger partial charge in [-0.05, 0) is 12.8 Å². The van der Waals surface area contributed by atoms with Gasteiger partial charge in [-0.2, -0.15) is 0 Å². The fraction of sp³-hybridized carbons (Fsp3) is 1.00. The van der Waals surface area contributed by atoms with Crippen molar-refractivity contribution in [3.8, 4) is 0 Å². The minimum Gasteiger partial charge on any atom is -0.381 e. The van der Waals surface area contributed by atoms with Crippen molar-refractivity contribution in [3.63, 3.8) is 0 Å². The van der Waals surface area contributed by atoms with Crippen LogP contribution < -0.4 is 0 Å². The average molecular weight is 150 g/mol. The second-order valence-electron chi connectivity index (χ2n) is 1.67. The largest absolute Gasteiger partial charge is 0.381 e. The van der Waals surface area contributed by atoms with Gasteiger partial charge in [0.2, 0.25) is 0 Å². The minimum absolute atomic E-state index is 0. The van der Waals surface area contributed by atoms with Crippen molar-refractivity contribution in [2.75, 3.05) is 7.11 Å². The predicted octanol–water partition coefficient (Wildman–Crippen LogP) is 3.73. The van der Waals surface area contributed by atoms with Gasteiger partial charge in [0.15, 0.2) is 0 Å². The summed E-state index contributed by atoms with van der Waals surface area (Å²) in [7, 11) is 1.76. The summed E-state index contributed by atoms with van der Waals surface area (Å²) in [6, 6.07) is 0. The van der Waals surface area contributed by atoms with E-state index >= 15 is 0 Å². The molecule has 0 unspecified atom stereocenters. The molecule has 0 aliphatic carbocycles. The van der Waals surface area contributed by atoms with E-state index in [1.54, 1.807) is 7.11 Å². The molecule has 0 aromatic rings. The first kappa shape index (κ1) is 22.5. The van der Waals surface area contributed by atoms with Gasteiger partial charge in [-0.15, -0.1) is 0 Å². The molecule has 0 N–H and O–H groups in total. The van der Waals surface area contributed by atoms with E-state index in [0.717, 1.165) is 12.8 Å². The van der Waals surface area contributed by atoms with Crippen molar-refractivity contribution in [2.45, 2.75) is 55.1 Å². The maximum Gasteiger partial charge on any atom is 0.0566 e. The van der Waals surface area contributed by atoms with Gasteiger partial charge < -0.3 is 4.74 Å². The topological polar surface area (TPSA) is 9.23 Å². The van der Waals surface area contributed by atoms with Crippen LogP contribution in [0.25, 0.3) is 0 Å². The van der Waals surface area contributed by atoms with Crippen molar-refractivity contribution in [1.29, 1.82) is 0 Å². The molecule has 0 radical (unpaired) electrons. The van der Waals surface area contributed by atoms with E-state index in [1.165, 1.54) is 0 Å². The van der Waals surface area contributed by atoms with Gasteiger partial charge in [0.1, 0.15) is 0 Å². The number of ether oxygens (including phenoxy) is 1. The van der Waals surface area contributed by atoms with Gasteiger partial charge in [-0.3, -0.25) is 0 Å². The van der Waals surface area contributed by atoms with Crippen LogP contribution in [-0.2, 0) is 4.74 Å². The van der Waals surface area contributed by atoms with Gasteiger partial charge in [-0.1, -0.05) is 36.1 Å². The third kappa shape index (κ3) is 10.9. The molecule has 0 amide bonds. The summed E-state index contributed by atoms with van der Waals surface area (Å²) < 4.78 is 5.05. The Kier molecular flexibility index (Phi) is 36.0. The summed E-state index contributed by atoms with van der Waals surface area (Å²) in [6.45, 7) is 4.27. The molecular weight excluding hydrogens is 124 g/mol. The summed E-state index contributed by atoms with van der Waals surface area (Å²) in [5, 5.41) is 0. The van der Waals surface area contributed by atoms with Crippen molar-refractivity contribution in [2.24, 2.45) is 0 Å². The summed E-state index contributed by atoms with van der Waals surface area (Å²) >= 11 is 0. The van der Waals surface area contributed by atoms with Crippen LogP contribution in [0.1, 0.15) is 49.0 Å². The summed E-state index contributed by atoms with van der Waals surface area (Å²) in [5.74, 6) is 0. The molecular formula is C9H26O. The molecule has 1 nitrogen and oxygen atoms in total. The minimum atomic E-state index is 0. The SMILES string of the molecule is C.C.C.CCC(CC)OC. The van der Waals surface area contributed by atoms with Crippen LogP contribution in [0, 0.1) is 0 Å². The van der Waals surface area contributed by atoms with Gasteiger partial charge in [-0.25, -0.2) is 0 Å². The van der Waals surface area contributed by atoms with Crippen LogP contribution in [0.5, 0.6) is 0 Å². The molecule has 0 atom stereocenters. The zero-order valence-corrected chi connectivity index (χ0v) is 5.40. The van der Waals surface area contributed by atoms with Crippen molar-refractivity contribution >= 4 is 0 Å². The van der Waals surface area contributed by atoms with E-state index in [1.807, 2.05) is 0 Å². The van der Waals surface area contributed by atoms with Crippen molar-refractivity contribution in [1.82, 2.24) is 0 Å². The standard InChI is InChI=1S/C6H14O.3CH4/c1-4-6(5-2)7-3;;;/h6H,4-5H2,1-3H3;3*1H4. The fourth-order valence-electron chi connectivity index (χ4n) is 0.622. The van der Waals surface area contributed by atoms with E-state index in [0.29, 0.717) is 6.10 Å². The second-order valence-corrected chi connectivity index (χ2v) is 1.67. The van der Waals surface area contributed by atoms with E-state index in [2.05, 4.69) is 13.8 Å². The molecule has 0 bridgehead atoms. The molecule has 0 saturated carbocycles. The molecule has 0 heterocycles. The summed E-state index contributed by atoms with van der Waals surface area (Å²) in [6.07, 6.45) is 2.75. The molecule has 0 fully saturated rings. The van der Waals surface area contributed by atoms with E-state index in [9.17, 15) is 0 Å². The first-order chi connectivity index (χ1) is 3.35. The van der Waals surface area contributed by atoms with Crippen LogP contribution in [0.2, 0.25) is 0 Å². The highest BCUT2D eigenvalue weighted by Gasteiger charge is 1.96. The Morgan fingerprint density at radius 1 is 1.00 bits per heavy atom. The number of methoxy groups -OCH3 is 1. The first-order valence-electron chi connectivity index (χ1n) is 2.87. The number of rotatable bonds is 3. The lowest BCUT2D eigenvalue weighted by Gasteiger charge is -2.07. The zero-order chi connectivity index (χ0) is 5.70. The molecule has 0 aromatic carbocycles. The van der Waals surface area contributed by atoms with Crippen LogP contribution in [0.4, 0.5) is 0 Å². The molecule has 0 aromatic heterocycles.